The maximum Gasteiger partial charge on any atom is 0.320 e. The third kappa shape index (κ3) is 2.22. The molecule has 6 nitrogen and oxygen atoms in total. The zero-order valence-electron chi connectivity index (χ0n) is 8.50. The summed E-state index contributed by atoms with van der Waals surface area (Å²) < 4.78 is 5.14. The SMILES string of the molecule is O=C(N1CCOCC1)N1CC(O)C(O)C1. The molecule has 0 spiro atoms. The van der Waals surface area contributed by atoms with Gasteiger partial charge in [0.05, 0.1) is 38.5 Å². The molecule has 0 aromatic heterocycles. The van der Waals surface area contributed by atoms with Crippen molar-refractivity contribution < 1.29 is 19.7 Å². The lowest BCUT2D eigenvalue weighted by molar-refractivity contribution is 0.0440. The Morgan fingerprint density at radius 3 is 2.13 bits per heavy atom. The fraction of sp³-hybridized carbons (Fsp3) is 0.889. The summed E-state index contributed by atoms with van der Waals surface area (Å²) in [5.74, 6) is 0. The van der Waals surface area contributed by atoms with E-state index in [9.17, 15) is 15.0 Å². The Morgan fingerprint density at radius 2 is 1.60 bits per heavy atom. The molecule has 2 aliphatic rings. The van der Waals surface area contributed by atoms with Crippen molar-refractivity contribution >= 4 is 6.03 Å². The average Bonchev–Trinajstić information content (AvgIpc) is 2.59. The van der Waals surface area contributed by atoms with Crippen LogP contribution in [0.25, 0.3) is 0 Å². The van der Waals surface area contributed by atoms with Crippen molar-refractivity contribution in [2.75, 3.05) is 39.4 Å². The smallest absolute Gasteiger partial charge is 0.320 e. The molecule has 86 valence electrons. The number of hydrogen-bond acceptors (Lipinski definition) is 4. The van der Waals surface area contributed by atoms with Crippen LogP contribution in [0.2, 0.25) is 0 Å². The van der Waals surface area contributed by atoms with Gasteiger partial charge in [-0.1, -0.05) is 0 Å². The van der Waals surface area contributed by atoms with Crippen LogP contribution in [-0.4, -0.2) is 77.6 Å². The molecule has 0 aliphatic carbocycles. The molecule has 6 heteroatoms. The second-order valence-electron chi connectivity index (χ2n) is 3.92. The molecule has 2 atom stereocenters. The molecule has 2 N–H and O–H groups in total. The van der Waals surface area contributed by atoms with Gasteiger partial charge in [0.1, 0.15) is 0 Å². The molecule has 0 aromatic rings. The third-order valence-electron chi connectivity index (χ3n) is 2.81. The molecule has 2 heterocycles. The van der Waals surface area contributed by atoms with Crippen molar-refractivity contribution in [2.45, 2.75) is 12.2 Å². The number of nitrogens with zero attached hydrogens (tertiary/aromatic N) is 2. The van der Waals surface area contributed by atoms with E-state index in [1.54, 1.807) is 4.90 Å². The van der Waals surface area contributed by atoms with Crippen molar-refractivity contribution in [3.8, 4) is 0 Å². The van der Waals surface area contributed by atoms with Gasteiger partial charge < -0.3 is 24.7 Å². The minimum absolute atomic E-state index is 0.117. The first-order valence-electron chi connectivity index (χ1n) is 5.16. The van der Waals surface area contributed by atoms with E-state index in [4.69, 9.17) is 4.74 Å². The van der Waals surface area contributed by atoms with E-state index in [1.165, 1.54) is 4.90 Å². The summed E-state index contributed by atoms with van der Waals surface area (Å²) in [5, 5.41) is 18.7. The Morgan fingerprint density at radius 1 is 1.07 bits per heavy atom. The molecule has 2 unspecified atom stereocenters. The van der Waals surface area contributed by atoms with Crippen molar-refractivity contribution in [1.82, 2.24) is 9.80 Å². The van der Waals surface area contributed by atoms with E-state index in [0.717, 1.165) is 0 Å². The van der Waals surface area contributed by atoms with Crippen LogP contribution in [0.3, 0.4) is 0 Å². The van der Waals surface area contributed by atoms with E-state index < -0.39 is 12.2 Å². The van der Waals surface area contributed by atoms with Crippen LogP contribution in [0.4, 0.5) is 4.79 Å². The summed E-state index contributed by atoms with van der Waals surface area (Å²) in [6.07, 6.45) is -1.62. The molecule has 15 heavy (non-hydrogen) atoms. The standard InChI is InChI=1S/C9H16N2O4/c12-7-5-11(6-8(7)13)9(14)10-1-3-15-4-2-10/h7-8,12-13H,1-6H2. The molecule has 0 bridgehead atoms. The van der Waals surface area contributed by atoms with Gasteiger partial charge in [0.2, 0.25) is 0 Å². The molecular formula is C9H16N2O4. The predicted octanol–water partition coefficient (Wildman–Crippen LogP) is -1.52. The van der Waals surface area contributed by atoms with Crippen molar-refractivity contribution in [3.05, 3.63) is 0 Å². The molecule has 2 amide bonds. The largest absolute Gasteiger partial charge is 0.388 e. The summed E-state index contributed by atoms with van der Waals surface area (Å²) in [6, 6.07) is -0.117. The second kappa shape index (κ2) is 4.34. The number of aliphatic hydroxyl groups excluding tert-OH is 2. The van der Waals surface area contributed by atoms with Gasteiger partial charge in [-0.3, -0.25) is 0 Å². The van der Waals surface area contributed by atoms with Crippen molar-refractivity contribution in [3.63, 3.8) is 0 Å². The second-order valence-corrected chi connectivity index (χ2v) is 3.92. The minimum atomic E-state index is -0.810. The zero-order valence-corrected chi connectivity index (χ0v) is 8.50. The Balaban J connectivity index is 1.90. The summed E-state index contributed by atoms with van der Waals surface area (Å²) >= 11 is 0. The topological polar surface area (TPSA) is 73.2 Å². The number of urea groups is 1. The minimum Gasteiger partial charge on any atom is -0.388 e. The first-order chi connectivity index (χ1) is 7.18. The van der Waals surface area contributed by atoms with Gasteiger partial charge in [-0.15, -0.1) is 0 Å². The fourth-order valence-corrected chi connectivity index (χ4v) is 1.88. The number of β-amino-alcohol motifs (C(OH)–C–C–N with tert-alkyl or cyclic N) is 2. The maximum atomic E-state index is 11.9. The fourth-order valence-electron chi connectivity index (χ4n) is 1.88. The Labute approximate surface area is 88.0 Å². The molecular weight excluding hydrogens is 200 g/mol. The number of amides is 2. The Kier molecular flexibility index (Phi) is 3.08. The van der Waals surface area contributed by atoms with Crippen LogP contribution in [0.5, 0.6) is 0 Å². The highest BCUT2D eigenvalue weighted by Crippen LogP contribution is 2.13. The van der Waals surface area contributed by atoms with E-state index in [1.807, 2.05) is 0 Å². The first-order valence-corrected chi connectivity index (χ1v) is 5.16. The summed E-state index contributed by atoms with van der Waals surface area (Å²) in [5.41, 5.74) is 0. The van der Waals surface area contributed by atoms with Crippen LogP contribution in [0.1, 0.15) is 0 Å². The number of carbonyl (C=O) groups excluding carboxylic acids is 1. The van der Waals surface area contributed by atoms with Crippen LogP contribution in [-0.2, 0) is 4.74 Å². The van der Waals surface area contributed by atoms with E-state index in [0.29, 0.717) is 26.3 Å². The molecule has 0 saturated carbocycles. The lowest BCUT2D eigenvalue weighted by atomic mass is 10.3. The van der Waals surface area contributed by atoms with Gasteiger partial charge in [0, 0.05) is 13.1 Å². The van der Waals surface area contributed by atoms with Crippen molar-refractivity contribution in [2.24, 2.45) is 0 Å². The number of rotatable bonds is 0. The molecule has 2 aliphatic heterocycles. The van der Waals surface area contributed by atoms with Gasteiger partial charge in [-0.05, 0) is 0 Å². The highest BCUT2D eigenvalue weighted by Gasteiger charge is 2.34. The maximum absolute atomic E-state index is 11.9. The number of likely N-dealkylation sites (tertiary alicyclic amines) is 1. The summed E-state index contributed by atoms with van der Waals surface area (Å²) in [7, 11) is 0. The van der Waals surface area contributed by atoms with Gasteiger partial charge in [-0.25, -0.2) is 4.79 Å². The van der Waals surface area contributed by atoms with Gasteiger partial charge in [0.25, 0.3) is 0 Å². The third-order valence-corrected chi connectivity index (χ3v) is 2.81. The van der Waals surface area contributed by atoms with Gasteiger partial charge >= 0.3 is 6.03 Å². The molecule has 2 saturated heterocycles. The van der Waals surface area contributed by atoms with E-state index in [2.05, 4.69) is 0 Å². The van der Waals surface area contributed by atoms with Gasteiger partial charge in [0.15, 0.2) is 0 Å². The zero-order chi connectivity index (χ0) is 10.8. The van der Waals surface area contributed by atoms with Gasteiger partial charge in [-0.2, -0.15) is 0 Å². The first kappa shape index (κ1) is 10.7. The monoisotopic (exact) mass is 216 g/mol. The molecule has 0 radical (unpaired) electrons. The highest BCUT2D eigenvalue weighted by atomic mass is 16.5. The number of carbonyl (C=O) groups is 1. The lowest BCUT2D eigenvalue weighted by Crippen LogP contribution is -2.47. The Bertz CT molecular complexity index is 232. The Hall–Kier alpha value is -0.850. The number of ether oxygens (including phenoxy) is 1. The normalized spacial score (nSPS) is 32.1. The molecule has 2 rings (SSSR count). The molecule has 0 aromatic carbocycles. The van der Waals surface area contributed by atoms with Crippen molar-refractivity contribution in [1.29, 1.82) is 0 Å². The summed E-state index contributed by atoms with van der Waals surface area (Å²) in [4.78, 5) is 15.0. The van der Waals surface area contributed by atoms with Crippen LogP contribution in [0.15, 0.2) is 0 Å². The number of morpholine rings is 1. The van der Waals surface area contributed by atoms with Crippen LogP contribution in [0, 0.1) is 0 Å². The quantitative estimate of drug-likeness (QED) is 0.515. The van der Waals surface area contributed by atoms with Crippen LogP contribution >= 0.6 is 0 Å². The number of aliphatic hydroxyl groups is 2. The summed E-state index contributed by atoms with van der Waals surface area (Å²) in [6.45, 7) is 2.73. The predicted molar refractivity (Wildman–Crippen MR) is 51.4 cm³/mol. The average molecular weight is 216 g/mol. The van der Waals surface area contributed by atoms with E-state index >= 15 is 0 Å². The lowest BCUT2D eigenvalue weighted by Gasteiger charge is -2.30. The van der Waals surface area contributed by atoms with E-state index in [-0.39, 0.29) is 19.1 Å². The highest BCUT2D eigenvalue weighted by molar-refractivity contribution is 5.75. The molecule has 2 fully saturated rings. The van der Waals surface area contributed by atoms with Crippen LogP contribution < -0.4 is 0 Å². The number of hydrogen-bond donors (Lipinski definition) is 2.